The first kappa shape index (κ1) is 43.6. The molecule has 278 valence electrons. The van der Waals surface area contributed by atoms with Crippen LogP contribution in [0.3, 0.4) is 0 Å². The molecule has 0 amide bonds. The molecule has 0 spiro atoms. The highest BCUT2D eigenvalue weighted by Gasteiger charge is 2.23. The molecule has 1 atom stereocenters. The van der Waals surface area contributed by atoms with Crippen molar-refractivity contribution in [1.82, 2.24) is 0 Å². The van der Waals surface area contributed by atoms with Crippen molar-refractivity contribution >= 4 is 17.8 Å². The summed E-state index contributed by atoms with van der Waals surface area (Å²) in [4.78, 5) is 2.78. The molecular formula is C47H70N4. The van der Waals surface area contributed by atoms with Gasteiger partial charge in [0.05, 0.1) is 18.2 Å². The number of rotatable bonds is 29. The second-order valence-corrected chi connectivity index (χ2v) is 15.0. The third kappa shape index (κ3) is 18.0. The predicted octanol–water partition coefficient (Wildman–Crippen LogP) is 14.0. The minimum Gasteiger partial charge on any atom is -0.371 e. The largest absolute Gasteiger partial charge is 0.371 e. The Hall–Kier alpha value is -3.55. The number of nitriles is 3. The Labute approximate surface area is 314 Å². The van der Waals surface area contributed by atoms with E-state index in [1.807, 2.05) is 36.4 Å². The van der Waals surface area contributed by atoms with E-state index in [0.29, 0.717) is 5.56 Å². The van der Waals surface area contributed by atoms with Crippen LogP contribution in [-0.2, 0) is 0 Å². The van der Waals surface area contributed by atoms with Crippen molar-refractivity contribution in [1.29, 1.82) is 15.8 Å². The maximum Gasteiger partial charge on any atom is 0.153 e. The summed E-state index contributed by atoms with van der Waals surface area (Å²) in [5.41, 5.74) is 4.26. The lowest BCUT2D eigenvalue weighted by Gasteiger charge is -2.33. The van der Waals surface area contributed by atoms with Gasteiger partial charge in [-0.25, -0.2) is 0 Å². The Balaban J connectivity index is 2.29. The Morgan fingerprint density at radius 3 is 1.20 bits per heavy atom. The summed E-state index contributed by atoms with van der Waals surface area (Å²) < 4.78 is 0. The molecule has 4 nitrogen and oxygen atoms in total. The molecule has 0 aliphatic carbocycles. The zero-order valence-electron chi connectivity index (χ0n) is 32.9. The summed E-state index contributed by atoms with van der Waals surface area (Å²) in [6, 6.07) is 22.9. The van der Waals surface area contributed by atoms with Crippen molar-refractivity contribution in [3.8, 4) is 18.2 Å². The van der Waals surface area contributed by atoms with Crippen molar-refractivity contribution in [2.24, 2.45) is 17.8 Å². The summed E-state index contributed by atoms with van der Waals surface area (Å²) in [5.74, 6) is -0.212. The molecule has 0 aromatic heterocycles. The van der Waals surface area contributed by atoms with Crippen molar-refractivity contribution in [3.63, 3.8) is 0 Å². The molecule has 0 radical (unpaired) electrons. The van der Waals surface area contributed by atoms with Gasteiger partial charge < -0.3 is 4.90 Å². The summed E-state index contributed by atoms with van der Waals surface area (Å²) in [6.07, 6.45) is 31.1. The monoisotopic (exact) mass is 691 g/mol. The standard InChI is InChI=1S/C47H70N4/c1-5-9-13-17-21-42(22-18-14-10-6-2)38-51(39-43(23-19-15-11-7-3)24-20-16-12-8-4)46-33-29-41(30-34-46)26-25-40-27-31-44(32-28-40)47(37-50)45(35-48)36-49/h25-34,42-43,45,47H,5-24,38-39H2,1-4H3/b26-25+. The zero-order valence-corrected chi connectivity index (χ0v) is 32.9. The molecule has 4 heteroatoms. The van der Waals surface area contributed by atoms with E-state index in [1.54, 1.807) is 0 Å². The fraction of sp³-hybridized carbons (Fsp3) is 0.638. The smallest absolute Gasteiger partial charge is 0.153 e. The van der Waals surface area contributed by atoms with Crippen molar-refractivity contribution in [2.75, 3.05) is 18.0 Å². The molecule has 0 heterocycles. The highest BCUT2D eigenvalue weighted by Crippen LogP contribution is 2.28. The molecule has 51 heavy (non-hydrogen) atoms. The first-order valence-electron chi connectivity index (χ1n) is 20.8. The van der Waals surface area contributed by atoms with E-state index < -0.39 is 11.8 Å². The number of unbranched alkanes of at least 4 members (excludes halogenated alkanes) is 12. The highest BCUT2D eigenvalue weighted by molar-refractivity contribution is 5.70. The van der Waals surface area contributed by atoms with E-state index in [1.165, 1.54) is 147 Å². The Bertz CT molecular complexity index is 1240. The fourth-order valence-electron chi connectivity index (χ4n) is 7.32. The van der Waals surface area contributed by atoms with E-state index in [9.17, 15) is 15.8 Å². The summed E-state index contributed by atoms with van der Waals surface area (Å²) in [5, 5.41) is 28.1. The average molecular weight is 691 g/mol. The number of anilines is 1. The maximum absolute atomic E-state index is 9.55. The molecule has 0 fully saturated rings. The van der Waals surface area contributed by atoms with Gasteiger partial charge in [0, 0.05) is 18.8 Å². The third-order valence-electron chi connectivity index (χ3n) is 10.6. The SMILES string of the molecule is CCCCCCC(CCCCCC)CN(CC(CCCCCC)CCCCCC)c1ccc(/C=C/c2ccc(C(C#N)C(C#N)C#N)cc2)cc1. The van der Waals surface area contributed by atoms with Crippen LogP contribution in [0.5, 0.6) is 0 Å². The fourth-order valence-corrected chi connectivity index (χ4v) is 7.32. The Morgan fingerprint density at radius 2 is 0.863 bits per heavy atom. The van der Waals surface area contributed by atoms with Crippen LogP contribution in [-0.4, -0.2) is 13.1 Å². The number of benzene rings is 2. The number of nitrogens with zero attached hydrogens (tertiary/aromatic N) is 4. The first-order chi connectivity index (χ1) is 25.0. The molecular weight excluding hydrogens is 621 g/mol. The summed E-state index contributed by atoms with van der Waals surface area (Å²) in [6.45, 7) is 11.6. The normalized spacial score (nSPS) is 12.0. The Morgan fingerprint density at radius 1 is 0.490 bits per heavy atom. The van der Waals surface area contributed by atoms with Crippen molar-refractivity contribution < 1.29 is 0 Å². The number of hydrogen-bond donors (Lipinski definition) is 0. The van der Waals surface area contributed by atoms with Gasteiger partial charge in [-0.3, -0.25) is 0 Å². The molecule has 0 N–H and O–H groups in total. The van der Waals surface area contributed by atoms with Crippen LogP contribution in [0.2, 0.25) is 0 Å². The number of hydrogen-bond acceptors (Lipinski definition) is 4. The maximum atomic E-state index is 9.55. The van der Waals surface area contributed by atoms with Gasteiger partial charge in [0.1, 0.15) is 5.92 Å². The van der Waals surface area contributed by atoms with E-state index in [2.05, 4.69) is 75.1 Å². The van der Waals surface area contributed by atoms with Gasteiger partial charge in [0.25, 0.3) is 0 Å². The molecule has 0 saturated heterocycles. The summed E-state index contributed by atoms with van der Waals surface area (Å²) in [7, 11) is 0. The molecule has 2 aromatic rings. The van der Waals surface area contributed by atoms with Crippen LogP contribution < -0.4 is 4.90 Å². The quantitative estimate of drug-likeness (QED) is 0.0629. The van der Waals surface area contributed by atoms with E-state index >= 15 is 0 Å². The topological polar surface area (TPSA) is 74.6 Å². The lowest BCUT2D eigenvalue weighted by atomic mass is 9.88. The minimum absolute atomic E-state index is 0.704. The highest BCUT2D eigenvalue weighted by atomic mass is 15.1. The van der Waals surface area contributed by atoms with Gasteiger partial charge in [-0.2, -0.15) is 15.8 Å². The van der Waals surface area contributed by atoms with Gasteiger partial charge >= 0.3 is 0 Å². The Kier molecular flexibility index (Phi) is 24.0. The predicted molar refractivity (Wildman–Crippen MR) is 219 cm³/mol. The lowest BCUT2D eigenvalue weighted by Crippen LogP contribution is -2.34. The van der Waals surface area contributed by atoms with E-state index in [4.69, 9.17) is 0 Å². The van der Waals surface area contributed by atoms with Gasteiger partial charge in [0.15, 0.2) is 5.92 Å². The minimum atomic E-state index is -0.968. The summed E-state index contributed by atoms with van der Waals surface area (Å²) >= 11 is 0. The lowest BCUT2D eigenvalue weighted by molar-refractivity contribution is 0.368. The van der Waals surface area contributed by atoms with Crippen molar-refractivity contribution in [2.45, 2.75) is 162 Å². The van der Waals surface area contributed by atoms with Crippen LogP contribution in [0.15, 0.2) is 48.5 Å². The van der Waals surface area contributed by atoms with Crippen molar-refractivity contribution in [3.05, 3.63) is 65.2 Å². The molecule has 2 aromatic carbocycles. The van der Waals surface area contributed by atoms with Crippen LogP contribution in [0.4, 0.5) is 5.69 Å². The van der Waals surface area contributed by atoms with Gasteiger partial charge in [-0.1, -0.05) is 179 Å². The zero-order chi connectivity index (χ0) is 36.9. The molecule has 0 aliphatic rings. The molecule has 2 rings (SSSR count). The molecule has 0 aliphatic heterocycles. The van der Waals surface area contributed by atoms with Gasteiger partial charge in [-0.15, -0.1) is 0 Å². The second kappa shape index (κ2) is 28.1. The first-order valence-corrected chi connectivity index (χ1v) is 20.8. The van der Waals surface area contributed by atoms with E-state index in [0.717, 1.165) is 23.0 Å². The average Bonchev–Trinajstić information content (AvgIpc) is 3.16. The van der Waals surface area contributed by atoms with Crippen LogP contribution in [0.25, 0.3) is 12.2 Å². The molecule has 0 saturated carbocycles. The van der Waals surface area contributed by atoms with Crippen LogP contribution in [0.1, 0.15) is 179 Å². The van der Waals surface area contributed by atoms with Gasteiger partial charge in [-0.05, 0) is 66.3 Å². The van der Waals surface area contributed by atoms with E-state index in [-0.39, 0.29) is 0 Å². The molecule has 1 unspecified atom stereocenters. The second-order valence-electron chi connectivity index (χ2n) is 15.0. The van der Waals surface area contributed by atoms with Crippen LogP contribution >= 0.6 is 0 Å². The molecule has 0 bridgehead atoms. The third-order valence-corrected chi connectivity index (χ3v) is 10.6. The van der Waals surface area contributed by atoms with Gasteiger partial charge in [0.2, 0.25) is 0 Å². The van der Waals surface area contributed by atoms with Crippen LogP contribution in [0, 0.1) is 51.7 Å².